The third-order valence-electron chi connectivity index (χ3n) is 3.91. The number of hydrogen-bond donors (Lipinski definition) is 0. The summed E-state index contributed by atoms with van der Waals surface area (Å²) in [5, 5.41) is 0. The molecule has 104 valence electrons. The Kier molecular flexibility index (Phi) is 5.70. The van der Waals surface area contributed by atoms with Crippen molar-refractivity contribution in [2.24, 2.45) is 5.41 Å². The first kappa shape index (κ1) is 15.1. The van der Waals surface area contributed by atoms with Gasteiger partial charge in [-0.05, 0) is 18.8 Å². The highest BCUT2D eigenvalue weighted by molar-refractivity contribution is 5.03. The first-order valence-electron chi connectivity index (χ1n) is 7.10. The van der Waals surface area contributed by atoms with Crippen molar-refractivity contribution in [3.05, 3.63) is 22.1 Å². The summed E-state index contributed by atoms with van der Waals surface area (Å²) in [6.07, 6.45) is 8.18. The highest BCUT2D eigenvalue weighted by Crippen LogP contribution is 2.33. The van der Waals surface area contributed by atoms with Gasteiger partial charge in [-0.25, -0.2) is 4.79 Å². The van der Waals surface area contributed by atoms with E-state index in [1.807, 2.05) is 0 Å². The Hall–Kier alpha value is -0.990. The molecule has 0 radical (unpaired) electrons. The highest BCUT2D eigenvalue weighted by Gasteiger charge is 2.25. The second-order valence-electron chi connectivity index (χ2n) is 5.59. The molecule has 1 unspecified atom stereocenters. The van der Waals surface area contributed by atoms with Gasteiger partial charge in [0.2, 0.25) is 0 Å². The molecule has 1 aromatic heterocycles. The molecular formula is C15H26O3. The summed E-state index contributed by atoms with van der Waals surface area (Å²) in [6, 6.07) is 0. The standard InChI is InChI=1S/C15H26O3/c1-5-7-8-9-10-15(4,6-2)11-13-12(3)17-14(16)18-13/h5-11H2,1-4H3. The second kappa shape index (κ2) is 6.81. The number of hydrogen-bond acceptors (Lipinski definition) is 3. The second-order valence-corrected chi connectivity index (χ2v) is 5.59. The van der Waals surface area contributed by atoms with E-state index >= 15 is 0 Å². The van der Waals surface area contributed by atoms with Crippen LogP contribution in [0.25, 0.3) is 0 Å². The first-order valence-corrected chi connectivity index (χ1v) is 7.10. The molecule has 3 nitrogen and oxygen atoms in total. The van der Waals surface area contributed by atoms with E-state index < -0.39 is 5.82 Å². The van der Waals surface area contributed by atoms with Gasteiger partial charge in [-0.1, -0.05) is 52.9 Å². The Labute approximate surface area is 110 Å². The maximum absolute atomic E-state index is 11.1. The molecule has 1 rings (SSSR count). The molecule has 0 N–H and O–H groups in total. The summed E-state index contributed by atoms with van der Waals surface area (Å²) in [7, 11) is 0. The third-order valence-corrected chi connectivity index (χ3v) is 3.91. The van der Waals surface area contributed by atoms with Gasteiger partial charge in [0.15, 0.2) is 0 Å². The zero-order valence-electron chi connectivity index (χ0n) is 12.2. The quantitative estimate of drug-likeness (QED) is 0.643. The topological polar surface area (TPSA) is 43.4 Å². The number of rotatable bonds is 8. The van der Waals surface area contributed by atoms with Crippen molar-refractivity contribution in [1.82, 2.24) is 0 Å². The fraction of sp³-hybridized carbons (Fsp3) is 0.800. The molecule has 0 aliphatic rings. The molecule has 0 aromatic carbocycles. The molecule has 1 heterocycles. The number of unbranched alkanes of at least 4 members (excludes halogenated alkanes) is 3. The van der Waals surface area contributed by atoms with Crippen LogP contribution in [0.15, 0.2) is 13.6 Å². The Morgan fingerprint density at radius 1 is 1.11 bits per heavy atom. The van der Waals surface area contributed by atoms with Crippen molar-refractivity contribution in [3.63, 3.8) is 0 Å². The van der Waals surface area contributed by atoms with Crippen molar-refractivity contribution in [3.8, 4) is 0 Å². The van der Waals surface area contributed by atoms with E-state index in [1.165, 1.54) is 32.1 Å². The lowest BCUT2D eigenvalue weighted by Gasteiger charge is -2.27. The van der Waals surface area contributed by atoms with Gasteiger partial charge in [-0.3, -0.25) is 0 Å². The Balaban J connectivity index is 2.58. The summed E-state index contributed by atoms with van der Waals surface area (Å²) in [5.41, 5.74) is 0.207. The van der Waals surface area contributed by atoms with E-state index in [2.05, 4.69) is 20.8 Å². The third kappa shape index (κ3) is 4.35. The van der Waals surface area contributed by atoms with Crippen LogP contribution in [0.5, 0.6) is 0 Å². The predicted molar refractivity (Wildman–Crippen MR) is 72.8 cm³/mol. The Morgan fingerprint density at radius 3 is 2.33 bits per heavy atom. The van der Waals surface area contributed by atoms with Crippen molar-refractivity contribution >= 4 is 0 Å². The molecule has 1 atom stereocenters. The maximum Gasteiger partial charge on any atom is 0.519 e. The SMILES string of the molecule is CCCCCCC(C)(CC)Cc1oc(=O)oc1C. The summed E-state index contributed by atoms with van der Waals surface area (Å²) >= 11 is 0. The molecular weight excluding hydrogens is 228 g/mol. The monoisotopic (exact) mass is 254 g/mol. The molecule has 1 aromatic rings. The van der Waals surface area contributed by atoms with Gasteiger partial charge in [-0.2, -0.15) is 0 Å². The Morgan fingerprint density at radius 2 is 1.83 bits per heavy atom. The summed E-state index contributed by atoms with van der Waals surface area (Å²) in [6.45, 7) is 8.49. The van der Waals surface area contributed by atoms with Crippen LogP contribution in [-0.4, -0.2) is 0 Å². The van der Waals surface area contributed by atoms with Gasteiger partial charge in [0.1, 0.15) is 11.5 Å². The van der Waals surface area contributed by atoms with Crippen molar-refractivity contribution in [2.45, 2.75) is 72.6 Å². The van der Waals surface area contributed by atoms with Gasteiger partial charge in [0.05, 0.1) is 0 Å². The van der Waals surface area contributed by atoms with E-state index in [9.17, 15) is 4.79 Å². The van der Waals surface area contributed by atoms with Crippen LogP contribution in [0.1, 0.15) is 70.8 Å². The minimum absolute atomic E-state index is 0.207. The molecule has 0 spiro atoms. The highest BCUT2D eigenvalue weighted by atomic mass is 16.6. The molecule has 0 saturated heterocycles. The lowest BCUT2D eigenvalue weighted by Crippen LogP contribution is -2.19. The van der Waals surface area contributed by atoms with E-state index in [0.717, 1.165) is 18.6 Å². The van der Waals surface area contributed by atoms with Crippen LogP contribution < -0.4 is 5.82 Å². The number of aryl methyl sites for hydroxylation is 1. The fourth-order valence-electron chi connectivity index (χ4n) is 2.29. The van der Waals surface area contributed by atoms with Gasteiger partial charge in [0, 0.05) is 6.42 Å². The minimum Gasteiger partial charge on any atom is -0.396 e. The predicted octanol–water partition coefficient (Wildman–Crippen LogP) is 4.47. The molecule has 0 bridgehead atoms. The largest absolute Gasteiger partial charge is 0.519 e. The van der Waals surface area contributed by atoms with Crippen LogP contribution >= 0.6 is 0 Å². The van der Waals surface area contributed by atoms with E-state index in [1.54, 1.807) is 6.92 Å². The van der Waals surface area contributed by atoms with Crippen LogP contribution in [-0.2, 0) is 6.42 Å². The summed E-state index contributed by atoms with van der Waals surface area (Å²) in [5.74, 6) is 0.778. The van der Waals surface area contributed by atoms with Gasteiger partial charge < -0.3 is 8.83 Å². The van der Waals surface area contributed by atoms with Crippen LogP contribution in [0.4, 0.5) is 0 Å². The van der Waals surface area contributed by atoms with Crippen molar-refractivity contribution in [1.29, 1.82) is 0 Å². The zero-order valence-corrected chi connectivity index (χ0v) is 12.2. The van der Waals surface area contributed by atoms with E-state index in [-0.39, 0.29) is 5.41 Å². The minimum atomic E-state index is -0.577. The molecule has 0 saturated carbocycles. The smallest absolute Gasteiger partial charge is 0.396 e. The molecule has 0 amide bonds. The normalized spacial score (nSPS) is 14.7. The average Bonchev–Trinajstić information content (AvgIpc) is 2.63. The molecule has 0 aliphatic heterocycles. The van der Waals surface area contributed by atoms with Gasteiger partial charge in [0.25, 0.3) is 0 Å². The maximum atomic E-state index is 11.1. The van der Waals surface area contributed by atoms with Gasteiger partial charge in [-0.15, -0.1) is 0 Å². The van der Waals surface area contributed by atoms with Crippen LogP contribution in [0.3, 0.4) is 0 Å². The molecule has 0 fully saturated rings. The molecule has 3 heteroatoms. The van der Waals surface area contributed by atoms with Crippen LogP contribution in [0.2, 0.25) is 0 Å². The first-order chi connectivity index (χ1) is 8.50. The fourth-order valence-corrected chi connectivity index (χ4v) is 2.29. The molecule has 0 aliphatic carbocycles. The van der Waals surface area contributed by atoms with Crippen molar-refractivity contribution in [2.75, 3.05) is 0 Å². The van der Waals surface area contributed by atoms with Crippen LogP contribution in [0, 0.1) is 12.3 Å². The summed E-state index contributed by atoms with van der Waals surface area (Å²) < 4.78 is 10.0. The van der Waals surface area contributed by atoms with E-state index in [0.29, 0.717) is 5.76 Å². The van der Waals surface area contributed by atoms with Crippen molar-refractivity contribution < 1.29 is 8.83 Å². The summed E-state index contributed by atoms with van der Waals surface area (Å²) in [4.78, 5) is 11.1. The lowest BCUT2D eigenvalue weighted by molar-refractivity contribution is 0.248. The Bertz CT molecular complexity index is 402. The van der Waals surface area contributed by atoms with E-state index in [4.69, 9.17) is 8.83 Å². The molecule has 18 heavy (non-hydrogen) atoms. The van der Waals surface area contributed by atoms with Gasteiger partial charge >= 0.3 is 5.82 Å². The lowest BCUT2D eigenvalue weighted by atomic mass is 9.78. The average molecular weight is 254 g/mol. The zero-order chi connectivity index (χ0) is 13.6.